The summed E-state index contributed by atoms with van der Waals surface area (Å²) in [6, 6.07) is 1.95. The number of amides is 1. The van der Waals surface area contributed by atoms with E-state index < -0.39 is 0 Å². The second kappa shape index (κ2) is 5.70. The van der Waals surface area contributed by atoms with Crippen molar-refractivity contribution in [1.29, 1.82) is 0 Å². The van der Waals surface area contributed by atoms with E-state index in [9.17, 15) is 4.79 Å². The topological polar surface area (TPSA) is 46.1 Å². The summed E-state index contributed by atoms with van der Waals surface area (Å²) < 4.78 is 2.15. The molecule has 90 valence electrons. The summed E-state index contributed by atoms with van der Waals surface area (Å²) in [5, 5.41) is 5.89. The van der Waals surface area contributed by atoms with E-state index in [0.29, 0.717) is 6.54 Å². The Morgan fingerprint density at radius 1 is 1.38 bits per heavy atom. The molecule has 0 saturated carbocycles. The fourth-order valence-corrected chi connectivity index (χ4v) is 1.91. The van der Waals surface area contributed by atoms with Crippen LogP contribution in [0.5, 0.6) is 0 Å². The van der Waals surface area contributed by atoms with Gasteiger partial charge in [0.1, 0.15) is 0 Å². The maximum atomic E-state index is 11.9. The molecule has 0 atom stereocenters. The highest BCUT2D eigenvalue weighted by atomic mass is 16.1. The van der Waals surface area contributed by atoms with Gasteiger partial charge >= 0.3 is 0 Å². The van der Waals surface area contributed by atoms with Gasteiger partial charge in [-0.3, -0.25) is 4.79 Å². The van der Waals surface area contributed by atoms with E-state index in [2.05, 4.69) is 22.1 Å². The number of carbonyl (C=O) groups is 1. The third kappa shape index (κ3) is 2.64. The molecule has 1 rings (SSSR count). The number of carbonyl (C=O) groups excluding carboxylic acids is 1. The summed E-state index contributed by atoms with van der Waals surface area (Å²) in [5.41, 5.74) is 2.97. The first-order valence-corrected chi connectivity index (χ1v) is 5.71. The van der Waals surface area contributed by atoms with Gasteiger partial charge in [0.25, 0.3) is 5.91 Å². The summed E-state index contributed by atoms with van der Waals surface area (Å²) in [4.78, 5) is 11.9. The SMILES string of the molecule is CCn1c(C)cc(C(=O)NCCNC)c1C. The molecule has 0 radical (unpaired) electrons. The van der Waals surface area contributed by atoms with Crippen molar-refractivity contribution in [3.05, 3.63) is 23.0 Å². The average Bonchev–Trinajstić information content (AvgIpc) is 2.54. The molecular formula is C12H21N3O. The van der Waals surface area contributed by atoms with Gasteiger partial charge in [-0.2, -0.15) is 0 Å². The van der Waals surface area contributed by atoms with Crippen LogP contribution in [0.25, 0.3) is 0 Å². The predicted octanol–water partition coefficient (Wildman–Crippen LogP) is 1.07. The molecule has 1 amide bonds. The summed E-state index contributed by atoms with van der Waals surface area (Å²) in [5.74, 6) is 0.0167. The van der Waals surface area contributed by atoms with Crippen LogP contribution in [0.2, 0.25) is 0 Å². The highest BCUT2D eigenvalue weighted by Crippen LogP contribution is 2.14. The maximum absolute atomic E-state index is 11.9. The second-order valence-corrected chi connectivity index (χ2v) is 3.89. The smallest absolute Gasteiger partial charge is 0.253 e. The van der Waals surface area contributed by atoms with Crippen LogP contribution in [0.15, 0.2) is 6.07 Å². The zero-order valence-corrected chi connectivity index (χ0v) is 10.6. The van der Waals surface area contributed by atoms with Gasteiger partial charge in [0.05, 0.1) is 5.56 Å². The van der Waals surface area contributed by atoms with Crippen LogP contribution < -0.4 is 10.6 Å². The molecule has 2 N–H and O–H groups in total. The van der Waals surface area contributed by atoms with E-state index in [1.807, 2.05) is 27.0 Å². The quantitative estimate of drug-likeness (QED) is 0.734. The lowest BCUT2D eigenvalue weighted by Gasteiger charge is -2.06. The molecule has 0 saturated heterocycles. The number of hydrogen-bond donors (Lipinski definition) is 2. The van der Waals surface area contributed by atoms with E-state index in [1.54, 1.807) is 0 Å². The molecule has 4 nitrogen and oxygen atoms in total. The average molecular weight is 223 g/mol. The summed E-state index contributed by atoms with van der Waals surface area (Å²) >= 11 is 0. The summed E-state index contributed by atoms with van der Waals surface area (Å²) in [6.07, 6.45) is 0. The third-order valence-corrected chi connectivity index (χ3v) is 2.80. The van der Waals surface area contributed by atoms with Gasteiger partial charge in [0.15, 0.2) is 0 Å². The number of aromatic nitrogens is 1. The van der Waals surface area contributed by atoms with Crippen molar-refractivity contribution in [2.75, 3.05) is 20.1 Å². The second-order valence-electron chi connectivity index (χ2n) is 3.89. The highest BCUT2D eigenvalue weighted by Gasteiger charge is 2.13. The van der Waals surface area contributed by atoms with E-state index in [1.165, 1.54) is 0 Å². The molecular weight excluding hydrogens is 202 g/mol. The lowest BCUT2D eigenvalue weighted by molar-refractivity contribution is 0.0953. The van der Waals surface area contributed by atoms with Gasteiger partial charge in [-0.1, -0.05) is 0 Å². The van der Waals surface area contributed by atoms with Crippen LogP contribution in [0, 0.1) is 13.8 Å². The van der Waals surface area contributed by atoms with Gasteiger partial charge in [-0.05, 0) is 33.9 Å². The Morgan fingerprint density at radius 2 is 2.06 bits per heavy atom. The zero-order valence-electron chi connectivity index (χ0n) is 10.6. The fraction of sp³-hybridized carbons (Fsp3) is 0.583. The molecule has 1 aromatic heterocycles. The molecule has 1 heterocycles. The van der Waals surface area contributed by atoms with Gasteiger partial charge in [-0.15, -0.1) is 0 Å². The van der Waals surface area contributed by atoms with Crippen LogP contribution in [0.3, 0.4) is 0 Å². The fourth-order valence-electron chi connectivity index (χ4n) is 1.91. The van der Waals surface area contributed by atoms with Crippen LogP contribution in [-0.2, 0) is 6.54 Å². The number of hydrogen-bond acceptors (Lipinski definition) is 2. The van der Waals surface area contributed by atoms with Crippen LogP contribution in [0.1, 0.15) is 28.7 Å². The van der Waals surface area contributed by atoms with Gasteiger partial charge in [0, 0.05) is 31.0 Å². The largest absolute Gasteiger partial charge is 0.351 e. The Labute approximate surface area is 97.0 Å². The molecule has 0 aromatic carbocycles. The molecule has 0 aliphatic rings. The molecule has 0 spiro atoms. The minimum absolute atomic E-state index is 0.0167. The predicted molar refractivity (Wildman–Crippen MR) is 65.8 cm³/mol. The minimum atomic E-state index is 0.0167. The number of likely N-dealkylation sites (N-methyl/N-ethyl adjacent to an activating group) is 1. The van der Waals surface area contributed by atoms with E-state index in [4.69, 9.17) is 0 Å². The van der Waals surface area contributed by atoms with Crippen molar-refractivity contribution >= 4 is 5.91 Å². The van der Waals surface area contributed by atoms with Gasteiger partial charge in [-0.25, -0.2) is 0 Å². The first-order valence-electron chi connectivity index (χ1n) is 5.71. The number of nitrogens with one attached hydrogen (secondary N) is 2. The molecule has 4 heteroatoms. The molecule has 0 aliphatic carbocycles. The lowest BCUT2D eigenvalue weighted by atomic mass is 10.2. The molecule has 16 heavy (non-hydrogen) atoms. The molecule has 0 bridgehead atoms. The number of aryl methyl sites for hydroxylation is 1. The van der Waals surface area contributed by atoms with Crippen molar-refractivity contribution in [2.45, 2.75) is 27.3 Å². The molecule has 1 aromatic rings. The van der Waals surface area contributed by atoms with Gasteiger partial charge < -0.3 is 15.2 Å². The number of nitrogens with zero attached hydrogens (tertiary/aromatic N) is 1. The summed E-state index contributed by atoms with van der Waals surface area (Å²) in [6.45, 7) is 8.46. The van der Waals surface area contributed by atoms with E-state index >= 15 is 0 Å². The Morgan fingerprint density at radius 3 is 2.56 bits per heavy atom. The Bertz CT molecular complexity index is 369. The highest BCUT2D eigenvalue weighted by molar-refractivity contribution is 5.95. The van der Waals surface area contributed by atoms with Gasteiger partial charge in [0.2, 0.25) is 0 Å². The van der Waals surface area contributed by atoms with Crippen molar-refractivity contribution in [3.63, 3.8) is 0 Å². The third-order valence-electron chi connectivity index (χ3n) is 2.80. The lowest BCUT2D eigenvalue weighted by Crippen LogP contribution is -2.30. The van der Waals surface area contributed by atoms with Crippen LogP contribution in [0.4, 0.5) is 0 Å². The Kier molecular flexibility index (Phi) is 4.55. The van der Waals surface area contributed by atoms with Crippen molar-refractivity contribution in [1.82, 2.24) is 15.2 Å². The van der Waals surface area contributed by atoms with E-state index in [-0.39, 0.29) is 5.91 Å². The maximum Gasteiger partial charge on any atom is 0.253 e. The van der Waals surface area contributed by atoms with Crippen LogP contribution in [-0.4, -0.2) is 30.6 Å². The monoisotopic (exact) mass is 223 g/mol. The summed E-state index contributed by atoms with van der Waals surface area (Å²) in [7, 11) is 1.87. The molecule has 0 fully saturated rings. The minimum Gasteiger partial charge on any atom is -0.351 e. The van der Waals surface area contributed by atoms with Crippen molar-refractivity contribution in [2.24, 2.45) is 0 Å². The number of rotatable bonds is 5. The first-order chi connectivity index (χ1) is 7.61. The molecule has 0 unspecified atom stereocenters. The zero-order chi connectivity index (χ0) is 12.1. The van der Waals surface area contributed by atoms with Crippen molar-refractivity contribution < 1.29 is 4.79 Å². The molecule has 0 aliphatic heterocycles. The Balaban J connectivity index is 2.76. The normalized spacial score (nSPS) is 10.5. The van der Waals surface area contributed by atoms with Crippen molar-refractivity contribution in [3.8, 4) is 0 Å². The van der Waals surface area contributed by atoms with E-state index in [0.717, 1.165) is 30.0 Å². The van der Waals surface area contributed by atoms with Crippen LogP contribution >= 0.6 is 0 Å². The Hall–Kier alpha value is -1.29. The first kappa shape index (κ1) is 12.8. The standard InChI is InChI=1S/C12H21N3O/c1-5-15-9(2)8-11(10(15)3)12(16)14-7-6-13-4/h8,13H,5-7H2,1-4H3,(H,14,16).